The van der Waals surface area contributed by atoms with E-state index in [-0.39, 0.29) is 5.91 Å². The van der Waals surface area contributed by atoms with E-state index in [0.29, 0.717) is 11.4 Å². The van der Waals surface area contributed by atoms with Gasteiger partial charge < -0.3 is 4.90 Å². The fourth-order valence-electron chi connectivity index (χ4n) is 0.826. The first-order valence-corrected chi connectivity index (χ1v) is 5.20. The minimum absolute atomic E-state index is 0.0337. The van der Waals surface area contributed by atoms with Crippen molar-refractivity contribution in [3.05, 3.63) is 20.8 Å². The van der Waals surface area contributed by atoms with E-state index in [9.17, 15) is 4.79 Å². The van der Waals surface area contributed by atoms with Crippen molar-refractivity contribution in [1.82, 2.24) is 4.90 Å². The minimum atomic E-state index is -0.0337. The number of halogens is 1. The Balaban J connectivity index is 2.74. The van der Waals surface area contributed by atoms with E-state index in [1.807, 2.05) is 6.07 Å². The van der Waals surface area contributed by atoms with Crippen LogP contribution in [0.4, 0.5) is 0 Å². The predicted octanol–water partition coefficient (Wildman–Crippen LogP) is 2.22. The highest BCUT2D eigenvalue weighted by Gasteiger charge is 2.12. The normalized spacial score (nSPS) is 9.31. The summed E-state index contributed by atoms with van der Waals surface area (Å²) in [4.78, 5) is 13.8. The van der Waals surface area contributed by atoms with Crippen LogP contribution >= 0.6 is 27.3 Å². The second-order valence-electron chi connectivity index (χ2n) is 2.47. The van der Waals surface area contributed by atoms with Gasteiger partial charge in [0, 0.05) is 7.05 Å². The third-order valence-electron chi connectivity index (χ3n) is 1.46. The largest absolute Gasteiger partial charge is 0.330 e. The van der Waals surface area contributed by atoms with E-state index in [4.69, 9.17) is 6.42 Å². The Kier molecular flexibility index (Phi) is 3.52. The first kappa shape index (κ1) is 10.3. The van der Waals surface area contributed by atoms with E-state index >= 15 is 0 Å². The molecule has 0 aliphatic heterocycles. The van der Waals surface area contributed by atoms with E-state index in [1.165, 1.54) is 16.2 Å². The van der Waals surface area contributed by atoms with Crippen LogP contribution in [0.15, 0.2) is 15.9 Å². The Hall–Kier alpha value is -0.790. The molecule has 0 saturated carbocycles. The molecule has 0 atom stereocenters. The van der Waals surface area contributed by atoms with E-state index in [2.05, 4.69) is 21.9 Å². The Morgan fingerprint density at radius 2 is 2.46 bits per heavy atom. The highest BCUT2D eigenvalue weighted by atomic mass is 79.9. The van der Waals surface area contributed by atoms with Gasteiger partial charge in [-0.1, -0.05) is 5.92 Å². The SMILES string of the molecule is C#CCN(C)C(=O)c1ccc(Br)s1. The number of carbonyl (C=O) groups excluding carboxylic acids is 1. The molecule has 1 aromatic rings. The number of terminal acetylenes is 1. The number of rotatable bonds is 2. The van der Waals surface area contributed by atoms with Gasteiger partial charge in [-0.3, -0.25) is 4.79 Å². The molecule has 0 N–H and O–H groups in total. The Bertz CT molecular complexity index is 353. The van der Waals surface area contributed by atoms with Gasteiger partial charge in [0.15, 0.2) is 0 Å². The molecule has 2 nitrogen and oxygen atoms in total. The number of hydrogen-bond donors (Lipinski definition) is 0. The number of thiophene rings is 1. The highest BCUT2D eigenvalue weighted by molar-refractivity contribution is 9.11. The maximum absolute atomic E-state index is 11.6. The molecule has 0 aromatic carbocycles. The second kappa shape index (κ2) is 4.45. The van der Waals surface area contributed by atoms with Gasteiger partial charge in [-0.15, -0.1) is 17.8 Å². The van der Waals surface area contributed by atoms with Gasteiger partial charge in [0.1, 0.15) is 0 Å². The van der Waals surface area contributed by atoms with Crippen LogP contribution in [-0.2, 0) is 0 Å². The molecule has 1 aromatic heterocycles. The molecule has 1 rings (SSSR count). The predicted molar refractivity (Wildman–Crippen MR) is 57.8 cm³/mol. The smallest absolute Gasteiger partial charge is 0.264 e. The van der Waals surface area contributed by atoms with Crippen LogP contribution in [0.2, 0.25) is 0 Å². The third kappa shape index (κ3) is 2.58. The van der Waals surface area contributed by atoms with Crippen LogP contribution < -0.4 is 0 Å². The van der Waals surface area contributed by atoms with Crippen LogP contribution in [0.25, 0.3) is 0 Å². The first-order valence-electron chi connectivity index (χ1n) is 3.59. The molecule has 0 spiro atoms. The molecule has 0 aliphatic carbocycles. The van der Waals surface area contributed by atoms with Crippen molar-refractivity contribution in [3.63, 3.8) is 0 Å². The van der Waals surface area contributed by atoms with Crippen LogP contribution in [0, 0.1) is 12.3 Å². The van der Waals surface area contributed by atoms with Crippen molar-refractivity contribution in [2.24, 2.45) is 0 Å². The van der Waals surface area contributed by atoms with Gasteiger partial charge >= 0.3 is 0 Å². The molecule has 13 heavy (non-hydrogen) atoms. The lowest BCUT2D eigenvalue weighted by Crippen LogP contribution is -2.26. The maximum Gasteiger partial charge on any atom is 0.264 e. The number of carbonyl (C=O) groups is 1. The molecule has 0 saturated heterocycles. The summed E-state index contributed by atoms with van der Waals surface area (Å²) in [5.74, 6) is 2.39. The lowest BCUT2D eigenvalue weighted by Gasteiger charge is -2.11. The van der Waals surface area contributed by atoms with Crippen molar-refractivity contribution in [2.75, 3.05) is 13.6 Å². The van der Waals surface area contributed by atoms with Crippen LogP contribution in [0.3, 0.4) is 0 Å². The zero-order valence-electron chi connectivity index (χ0n) is 7.08. The van der Waals surface area contributed by atoms with Crippen LogP contribution in [0.5, 0.6) is 0 Å². The minimum Gasteiger partial charge on any atom is -0.330 e. The summed E-state index contributed by atoms with van der Waals surface area (Å²) >= 11 is 4.70. The van der Waals surface area contributed by atoms with Crippen molar-refractivity contribution < 1.29 is 4.79 Å². The van der Waals surface area contributed by atoms with Crippen molar-refractivity contribution in [2.45, 2.75) is 0 Å². The number of amides is 1. The average Bonchev–Trinajstić information content (AvgIpc) is 2.51. The molecule has 0 unspecified atom stereocenters. The summed E-state index contributed by atoms with van der Waals surface area (Å²) in [5, 5.41) is 0. The van der Waals surface area contributed by atoms with Crippen LogP contribution in [-0.4, -0.2) is 24.4 Å². The quantitative estimate of drug-likeness (QED) is 0.745. The van der Waals surface area contributed by atoms with Crippen molar-refractivity contribution in [1.29, 1.82) is 0 Å². The summed E-state index contributed by atoms with van der Waals surface area (Å²) in [6.07, 6.45) is 5.10. The number of nitrogens with zero attached hydrogens (tertiary/aromatic N) is 1. The zero-order valence-corrected chi connectivity index (χ0v) is 9.48. The highest BCUT2D eigenvalue weighted by Crippen LogP contribution is 2.22. The van der Waals surface area contributed by atoms with Gasteiger partial charge in [-0.25, -0.2) is 0 Å². The molecule has 0 radical (unpaired) electrons. The Morgan fingerprint density at radius 3 is 2.92 bits per heavy atom. The third-order valence-corrected chi connectivity index (χ3v) is 3.07. The fraction of sp³-hybridized carbons (Fsp3) is 0.222. The molecule has 1 heterocycles. The van der Waals surface area contributed by atoms with Gasteiger partial charge in [0.2, 0.25) is 0 Å². The molecule has 0 aliphatic rings. The topological polar surface area (TPSA) is 20.3 Å². The van der Waals surface area contributed by atoms with Gasteiger partial charge in [0.05, 0.1) is 15.2 Å². The maximum atomic E-state index is 11.6. The summed E-state index contributed by atoms with van der Waals surface area (Å²) < 4.78 is 0.949. The summed E-state index contributed by atoms with van der Waals surface area (Å²) in [5.41, 5.74) is 0. The summed E-state index contributed by atoms with van der Waals surface area (Å²) in [6.45, 7) is 0.342. The Morgan fingerprint density at radius 1 is 1.77 bits per heavy atom. The van der Waals surface area contributed by atoms with E-state index < -0.39 is 0 Å². The lowest BCUT2D eigenvalue weighted by atomic mass is 10.4. The molecule has 1 amide bonds. The first-order chi connectivity index (χ1) is 6.15. The molecular weight excluding hydrogens is 250 g/mol. The second-order valence-corrected chi connectivity index (χ2v) is 4.93. The molecular formula is C9H8BrNOS. The fourth-order valence-corrected chi connectivity index (χ4v) is 2.21. The summed E-state index contributed by atoms with van der Waals surface area (Å²) in [7, 11) is 1.69. The standard InChI is InChI=1S/C9H8BrNOS/c1-3-6-11(2)9(12)7-4-5-8(10)13-7/h1,4-5H,6H2,2H3. The zero-order chi connectivity index (χ0) is 9.84. The van der Waals surface area contributed by atoms with Crippen molar-refractivity contribution >= 4 is 33.2 Å². The van der Waals surface area contributed by atoms with Crippen LogP contribution in [0.1, 0.15) is 9.67 Å². The molecule has 0 bridgehead atoms. The van der Waals surface area contributed by atoms with E-state index in [1.54, 1.807) is 13.1 Å². The Labute approximate surface area is 89.7 Å². The molecule has 68 valence electrons. The van der Waals surface area contributed by atoms with Gasteiger partial charge in [-0.2, -0.15) is 0 Å². The average molecular weight is 258 g/mol. The molecule has 4 heteroatoms. The van der Waals surface area contributed by atoms with Gasteiger partial charge in [-0.05, 0) is 28.1 Å². The summed E-state index contributed by atoms with van der Waals surface area (Å²) in [6, 6.07) is 3.63. The van der Waals surface area contributed by atoms with Crippen molar-refractivity contribution in [3.8, 4) is 12.3 Å². The number of hydrogen-bond acceptors (Lipinski definition) is 2. The monoisotopic (exact) mass is 257 g/mol. The van der Waals surface area contributed by atoms with Gasteiger partial charge in [0.25, 0.3) is 5.91 Å². The molecule has 0 fully saturated rings. The lowest BCUT2D eigenvalue weighted by molar-refractivity contribution is 0.0817. The van der Waals surface area contributed by atoms with E-state index in [0.717, 1.165) is 3.79 Å².